The molecule has 2 aromatic heterocycles. The van der Waals surface area contributed by atoms with E-state index in [1.165, 1.54) is 35.5 Å². The molecule has 9 nitrogen and oxygen atoms in total. The lowest BCUT2D eigenvalue weighted by molar-refractivity contribution is -0.163. The number of aromatic nitrogens is 2. The van der Waals surface area contributed by atoms with E-state index in [9.17, 15) is 24.6 Å². The summed E-state index contributed by atoms with van der Waals surface area (Å²) in [6.07, 6.45) is 5.29. The standard InChI is InChI=1S/C19H19N3O6S/c1-8-13(16(19(26)27)22-15(8)14(9(2)23)17(22)25)11-6-21-7-20-10(18(21)29-11)4-5-12(24)28-3/h4-9,14-15,23H,1-3H3,(H,26,27)/b5-4-/t8-,9+,14+,15+/m0/s1. The summed E-state index contributed by atoms with van der Waals surface area (Å²) in [5.74, 6) is -2.90. The predicted molar refractivity (Wildman–Crippen MR) is 104 cm³/mol. The SMILES string of the molecule is COC(=O)/C=C\c1ncn2cc(C3=C(C(=O)O)N4C(=O)[C@H]([C@@H](C)O)[C@H]4[C@H]3C)sc12. The van der Waals surface area contributed by atoms with Crippen molar-refractivity contribution in [1.82, 2.24) is 14.3 Å². The van der Waals surface area contributed by atoms with Gasteiger partial charge in [0.1, 0.15) is 16.9 Å². The molecule has 29 heavy (non-hydrogen) atoms. The Balaban J connectivity index is 1.78. The fraction of sp³-hybridized carbons (Fsp3) is 0.368. The number of esters is 1. The van der Waals surface area contributed by atoms with Crippen molar-refractivity contribution in [3.63, 3.8) is 0 Å². The molecule has 2 aromatic rings. The van der Waals surface area contributed by atoms with Crippen LogP contribution in [0.15, 0.2) is 24.3 Å². The van der Waals surface area contributed by atoms with Crippen LogP contribution in [0.3, 0.4) is 0 Å². The molecule has 2 aliphatic heterocycles. The Hall–Kier alpha value is -2.98. The van der Waals surface area contributed by atoms with E-state index in [0.29, 0.717) is 16.1 Å². The fourth-order valence-electron chi connectivity index (χ4n) is 4.17. The summed E-state index contributed by atoms with van der Waals surface area (Å²) in [6.45, 7) is 3.42. The number of ether oxygens (including phenoxy) is 1. The number of carbonyl (C=O) groups is 3. The van der Waals surface area contributed by atoms with Gasteiger partial charge >= 0.3 is 11.9 Å². The minimum atomic E-state index is -1.17. The number of aliphatic hydroxyl groups is 1. The smallest absolute Gasteiger partial charge is 0.352 e. The lowest BCUT2D eigenvalue weighted by Crippen LogP contribution is -2.63. The van der Waals surface area contributed by atoms with Crippen LogP contribution in [-0.2, 0) is 19.1 Å². The molecular formula is C19H19N3O6S. The van der Waals surface area contributed by atoms with E-state index in [1.54, 1.807) is 23.8 Å². The molecule has 10 heteroatoms. The van der Waals surface area contributed by atoms with E-state index < -0.39 is 24.0 Å². The van der Waals surface area contributed by atoms with Crippen molar-refractivity contribution >= 4 is 45.7 Å². The number of β-lactam (4-membered cyclic amide) rings is 1. The number of nitrogens with zero attached hydrogens (tertiary/aromatic N) is 3. The van der Waals surface area contributed by atoms with Gasteiger partial charge < -0.3 is 19.8 Å². The van der Waals surface area contributed by atoms with E-state index in [0.717, 1.165) is 4.83 Å². The van der Waals surface area contributed by atoms with Crippen LogP contribution in [0.25, 0.3) is 16.5 Å². The third-order valence-corrected chi connectivity index (χ3v) is 6.61. The summed E-state index contributed by atoms with van der Waals surface area (Å²) in [4.78, 5) is 42.8. The van der Waals surface area contributed by atoms with Crippen molar-refractivity contribution in [1.29, 1.82) is 0 Å². The topological polar surface area (TPSA) is 121 Å². The Morgan fingerprint density at radius 1 is 1.41 bits per heavy atom. The first-order valence-electron chi connectivity index (χ1n) is 8.97. The Kier molecular flexibility index (Phi) is 4.55. The Morgan fingerprint density at radius 3 is 2.76 bits per heavy atom. The second kappa shape index (κ2) is 6.82. The first-order chi connectivity index (χ1) is 13.8. The van der Waals surface area contributed by atoms with Crippen molar-refractivity contribution in [3.05, 3.63) is 34.9 Å². The highest BCUT2D eigenvalue weighted by molar-refractivity contribution is 7.18. The summed E-state index contributed by atoms with van der Waals surface area (Å²) < 4.78 is 6.33. The first kappa shape index (κ1) is 19.3. The number of carboxylic acid groups (broad SMARTS) is 1. The number of fused-ring (bicyclic) bond motifs is 2. The van der Waals surface area contributed by atoms with E-state index >= 15 is 0 Å². The normalized spacial score (nSPS) is 24.9. The van der Waals surface area contributed by atoms with Gasteiger partial charge in [-0.25, -0.2) is 14.6 Å². The quantitative estimate of drug-likeness (QED) is 0.426. The van der Waals surface area contributed by atoms with Gasteiger partial charge in [-0.2, -0.15) is 0 Å². The minimum Gasteiger partial charge on any atom is -0.477 e. The van der Waals surface area contributed by atoms with Crippen LogP contribution >= 0.6 is 11.3 Å². The number of aliphatic hydroxyl groups excluding tert-OH is 1. The molecule has 4 atom stereocenters. The molecule has 0 unspecified atom stereocenters. The zero-order chi connectivity index (χ0) is 21.0. The van der Waals surface area contributed by atoms with Gasteiger partial charge in [-0.15, -0.1) is 11.3 Å². The third-order valence-electron chi connectivity index (χ3n) is 5.46. The number of carboxylic acids is 1. The second-order valence-corrected chi connectivity index (χ2v) is 8.15. The highest BCUT2D eigenvalue weighted by Gasteiger charge is 2.60. The molecule has 4 heterocycles. The molecule has 0 radical (unpaired) electrons. The van der Waals surface area contributed by atoms with Gasteiger partial charge in [0, 0.05) is 23.8 Å². The zero-order valence-corrected chi connectivity index (χ0v) is 16.7. The maximum absolute atomic E-state index is 12.5. The average molecular weight is 417 g/mol. The summed E-state index contributed by atoms with van der Waals surface area (Å²) >= 11 is 1.33. The maximum Gasteiger partial charge on any atom is 0.352 e. The number of aliphatic carboxylic acids is 1. The van der Waals surface area contributed by atoms with Gasteiger partial charge in [0.2, 0.25) is 5.91 Å². The number of carbonyl (C=O) groups excluding carboxylic acids is 2. The molecule has 4 rings (SSSR count). The molecule has 152 valence electrons. The van der Waals surface area contributed by atoms with Crippen molar-refractivity contribution in [2.75, 3.05) is 7.11 Å². The number of methoxy groups -OCH3 is 1. The first-order valence-corrected chi connectivity index (χ1v) is 9.79. The molecule has 2 N–H and O–H groups in total. The van der Waals surface area contributed by atoms with Crippen LogP contribution in [0, 0.1) is 11.8 Å². The van der Waals surface area contributed by atoms with Gasteiger partial charge in [-0.05, 0) is 13.0 Å². The molecule has 1 fully saturated rings. The van der Waals surface area contributed by atoms with Gasteiger partial charge in [-0.1, -0.05) is 6.92 Å². The fourth-order valence-corrected chi connectivity index (χ4v) is 5.36. The van der Waals surface area contributed by atoms with Crippen molar-refractivity contribution in [2.24, 2.45) is 11.8 Å². The molecule has 0 spiro atoms. The summed E-state index contributed by atoms with van der Waals surface area (Å²) in [5, 5.41) is 19.8. The zero-order valence-electron chi connectivity index (χ0n) is 15.9. The lowest BCUT2D eigenvalue weighted by Gasteiger charge is -2.46. The Labute approximate surface area is 169 Å². The molecule has 0 saturated carbocycles. The lowest BCUT2D eigenvalue weighted by atomic mass is 9.77. The molecule has 0 bridgehead atoms. The largest absolute Gasteiger partial charge is 0.477 e. The third kappa shape index (κ3) is 2.78. The number of amides is 1. The summed E-state index contributed by atoms with van der Waals surface area (Å²) in [7, 11) is 1.28. The van der Waals surface area contributed by atoms with Gasteiger partial charge in [0.25, 0.3) is 0 Å². The van der Waals surface area contributed by atoms with E-state index in [-0.39, 0.29) is 23.6 Å². The van der Waals surface area contributed by atoms with Crippen LogP contribution < -0.4 is 0 Å². The molecule has 2 aliphatic rings. The monoisotopic (exact) mass is 417 g/mol. The predicted octanol–water partition coefficient (Wildman–Crippen LogP) is 1.24. The molecule has 1 amide bonds. The Bertz CT molecular complexity index is 1090. The van der Waals surface area contributed by atoms with E-state index in [4.69, 9.17) is 0 Å². The number of rotatable bonds is 5. The van der Waals surface area contributed by atoms with Crippen molar-refractivity contribution < 1.29 is 29.3 Å². The van der Waals surface area contributed by atoms with E-state index in [2.05, 4.69) is 9.72 Å². The van der Waals surface area contributed by atoms with Crippen LogP contribution in [0.1, 0.15) is 24.4 Å². The Morgan fingerprint density at radius 2 is 2.14 bits per heavy atom. The summed E-state index contributed by atoms with van der Waals surface area (Å²) in [5.41, 5.74) is 1.08. The van der Waals surface area contributed by atoms with Crippen LogP contribution in [0.2, 0.25) is 0 Å². The molecule has 0 aliphatic carbocycles. The van der Waals surface area contributed by atoms with Crippen LogP contribution in [0.5, 0.6) is 0 Å². The van der Waals surface area contributed by atoms with Crippen molar-refractivity contribution in [2.45, 2.75) is 26.0 Å². The summed E-state index contributed by atoms with van der Waals surface area (Å²) in [6, 6.07) is -0.373. The molecule has 1 saturated heterocycles. The second-order valence-electron chi connectivity index (χ2n) is 7.12. The number of hydrogen-bond acceptors (Lipinski definition) is 7. The van der Waals surface area contributed by atoms with Gasteiger partial charge in [0.05, 0.1) is 35.7 Å². The minimum absolute atomic E-state index is 0.0338. The molecule has 0 aromatic carbocycles. The van der Waals surface area contributed by atoms with Gasteiger partial charge in [-0.3, -0.25) is 9.20 Å². The maximum atomic E-state index is 12.5. The average Bonchev–Trinajstić information content (AvgIpc) is 3.29. The number of hydrogen-bond donors (Lipinski definition) is 2. The number of imidazole rings is 1. The van der Waals surface area contributed by atoms with Crippen LogP contribution in [-0.4, -0.2) is 61.6 Å². The van der Waals surface area contributed by atoms with Crippen molar-refractivity contribution in [3.8, 4) is 0 Å². The van der Waals surface area contributed by atoms with Gasteiger partial charge in [0.15, 0.2) is 0 Å². The highest BCUT2D eigenvalue weighted by atomic mass is 32.1. The van der Waals surface area contributed by atoms with E-state index in [1.807, 2.05) is 6.92 Å². The van der Waals surface area contributed by atoms with Crippen LogP contribution in [0.4, 0.5) is 0 Å². The molecular weight excluding hydrogens is 398 g/mol. The number of thiazole rings is 1. The highest BCUT2D eigenvalue weighted by Crippen LogP contribution is 2.51.